The third kappa shape index (κ3) is 4.81. The SMILES string of the molecule is CCOc1c(OC)ccc(Br)c1CNc1ccc(N2CCOCC2)c(Cl)c1. The van der Waals surface area contributed by atoms with Crippen molar-refractivity contribution in [3.05, 3.63) is 45.4 Å². The molecule has 1 aliphatic heterocycles. The van der Waals surface area contributed by atoms with Gasteiger partial charge < -0.3 is 24.4 Å². The lowest BCUT2D eigenvalue weighted by Crippen LogP contribution is -2.36. The van der Waals surface area contributed by atoms with E-state index in [1.807, 2.05) is 31.2 Å². The molecule has 0 saturated carbocycles. The number of benzene rings is 2. The number of anilines is 2. The van der Waals surface area contributed by atoms with Gasteiger partial charge in [0, 0.05) is 35.4 Å². The second-order valence-corrected chi connectivity index (χ2v) is 7.37. The summed E-state index contributed by atoms with van der Waals surface area (Å²) in [6.07, 6.45) is 0. The molecule has 0 bridgehead atoms. The van der Waals surface area contributed by atoms with Crippen LogP contribution in [0.4, 0.5) is 11.4 Å². The first kappa shape index (κ1) is 20.1. The van der Waals surface area contributed by atoms with Crippen LogP contribution in [0.15, 0.2) is 34.8 Å². The Morgan fingerprint density at radius 1 is 1.22 bits per heavy atom. The number of nitrogens with one attached hydrogen (secondary N) is 1. The molecule has 0 unspecified atom stereocenters. The Balaban J connectivity index is 1.76. The fraction of sp³-hybridized carbons (Fsp3) is 0.400. The van der Waals surface area contributed by atoms with Crippen molar-refractivity contribution in [1.82, 2.24) is 0 Å². The van der Waals surface area contributed by atoms with Gasteiger partial charge in [0.1, 0.15) is 0 Å². The molecule has 7 heteroatoms. The van der Waals surface area contributed by atoms with E-state index in [0.717, 1.165) is 64.2 Å². The van der Waals surface area contributed by atoms with Crippen LogP contribution in [-0.4, -0.2) is 40.0 Å². The van der Waals surface area contributed by atoms with Gasteiger partial charge in [-0.05, 0) is 37.3 Å². The highest BCUT2D eigenvalue weighted by Gasteiger charge is 2.16. The molecule has 1 N–H and O–H groups in total. The third-order valence-corrected chi connectivity index (χ3v) is 5.49. The minimum absolute atomic E-state index is 0.569. The maximum absolute atomic E-state index is 6.53. The van der Waals surface area contributed by atoms with E-state index in [9.17, 15) is 0 Å². The van der Waals surface area contributed by atoms with Gasteiger partial charge in [-0.1, -0.05) is 27.5 Å². The molecule has 0 aliphatic carbocycles. The van der Waals surface area contributed by atoms with Crippen LogP contribution in [0.5, 0.6) is 11.5 Å². The summed E-state index contributed by atoms with van der Waals surface area (Å²) in [6, 6.07) is 9.92. The van der Waals surface area contributed by atoms with Crippen molar-refractivity contribution in [2.24, 2.45) is 0 Å². The number of rotatable bonds is 7. The van der Waals surface area contributed by atoms with Gasteiger partial charge in [-0.2, -0.15) is 0 Å². The average molecular weight is 456 g/mol. The minimum Gasteiger partial charge on any atom is -0.493 e. The van der Waals surface area contributed by atoms with Gasteiger partial charge in [-0.25, -0.2) is 0 Å². The molecule has 2 aromatic rings. The Bertz CT molecular complexity index is 782. The molecule has 1 saturated heterocycles. The summed E-state index contributed by atoms with van der Waals surface area (Å²) in [5.74, 6) is 1.47. The number of hydrogen-bond donors (Lipinski definition) is 1. The summed E-state index contributed by atoms with van der Waals surface area (Å²) >= 11 is 10.1. The highest BCUT2D eigenvalue weighted by molar-refractivity contribution is 9.10. The molecule has 2 aromatic carbocycles. The molecule has 0 spiro atoms. The predicted molar refractivity (Wildman–Crippen MR) is 114 cm³/mol. The molecule has 0 aromatic heterocycles. The summed E-state index contributed by atoms with van der Waals surface area (Å²) in [4.78, 5) is 2.25. The van der Waals surface area contributed by atoms with E-state index in [-0.39, 0.29) is 0 Å². The van der Waals surface area contributed by atoms with E-state index in [0.29, 0.717) is 13.2 Å². The third-order valence-electron chi connectivity index (χ3n) is 4.44. The van der Waals surface area contributed by atoms with E-state index >= 15 is 0 Å². The van der Waals surface area contributed by atoms with Crippen molar-refractivity contribution in [2.75, 3.05) is 50.2 Å². The van der Waals surface area contributed by atoms with Gasteiger partial charge >= 0.3 is 0 Å². The number of hydrogen-bond acceptors (Lipinski definition) is 5. The Kier molecular flexibility index (Phi) is 7.10. The molecule has 5 nitrogen and oxygen atoms in total. The maximum Gasteiger partial charge on any atom is 0.167 e. The monoisotopic (exact) mass is 454 g/mol. The summed E-state index contributed by atoms with van der Waals surface area (Å²) in [7, 11) is 1.65. The number of halogens is 2. The van der Waals surface area contributed by atoms with Gasteiger partial charge in [0.2, 0.25) is 0 Å². The smallest absolute Gasteiger partial charge is 0.167 e. The summed E-state index contributed by atoms with van der Waals surface area (Å²) in [5, 5.41) is 4.16. The number of methoxy groups -OCH3 is 1. The van der Waals surface area contributed by atoms with Crippen molar-refractivity contribution < 1.29 is 14.2 Å². The number of morpholine rings is 1. The Morgan fingerprint density at radius 3 is 2.67 bits per heavy atom. The van der Waals surface area contributed by atoms with Gasteiger partial charge in [0.15, 0.2) is 11.5 Å². The van der Waals surface area contributed by atoms with Crippen molar-refractivity contribution in [3.8, 4) is 11.5 Å². The summed E-state index contributed by atoms with van der Waals surface area (Å²) < 4.78 is 17.6. The lowest BCUT2D eigenvalue weighted by molar-refractivity contribution is 0.122. The Morgan fingerprint density at radius 2 is 2.00 bits per heavy atom. The zero-order valence-corrected chi connectivity index (χ0v) is 17.9. The van der Waals surface area contributed by atoms with E-state index in [1.54, 1.807) is 7.11 Å². The average Bonchev–Trinajstić information content (AvgIpc) is 2.69. The van der Waals surface area contributed by atoms with Gasteiger partial charge in [0.25, 0.3) is 0 Å². The zero-order chi connectivity index (χ0) is 19.2. The number of ether oxygens (including phenoxy) is 3. The van der Waals surface area contributed by atoms with Crippen LogP contribution in [-0.2, 0) is 11.3 Å². The fourth-order valence-electron chi connectivity index (χ4n) is 3.08. The van der Waals surface area contributed by atoms with Gasteiger partial charge in [-0.15, -0.1) is 0 Å². The molecule has 1 fully saturated rings. The topological polar surface area (TPSA) is 43.0 Å². The van der Waals surface area contributed by atoms with E-state index < -0.39 is 0 Å². The molecule has 1 aliphatic rings. The first-order chi connectivity index (χ1) is 13.1. The van der Waals surface area contributed by atoms with Crippen molar-refractivity contribution in [3.63, 3.8) is 0 Å². The van der Waals surface area contributed by atoms with Crippen LogP contribution in [0.2, 0.25) is 5.02 Å². The van der Waals surface area contributed by atoms with Crippen LogP contribution in [0.3, 0.4) is 0 Å². The standard InChI is InChI=1S/C20H24BrClN2O3/c1-3-27-20-15(16(21)5-7-19(20)25-2)13-23-14-4-6-18(17(22)12-14)24-8-10-26-11-9-24/h4-7,12,23H,3,8-11,13H2,1-2H3. The molecule has 3 rings (SSSR count). The lowest BCUT2D eigenvalue weighted by atomic mass is 10.1. The normalized spacial score (nSPS) is 14.1. The van der Waals surface area contributed by atoms with Crippen molar-refractivity contribution >= 4 is 38.9 Å². The molecule has 27 heavy (non-hydrogen) atoms. The highest BCUT2D eigenvalue weighted by Crippen LogP contribution is 2.37. The van der Waals surface area contributed by atoms with Gasteiger partial charge in [-0.3, -0.25) is 0 Å². The quantitative estimate of drug-likeness (QED) is 0.639. The molecule has 0 atom stereocenters. The predicted octanol–water partition coefficient (Wildman–Crippen LogP) is 4.96. The van der Waals surface area contributed by atoms with Crippen molar-refractivity contribution in [2.45, 2.75) is 13.5 Å². The summed E-state index contributed by atoms with van der Waals surface area (Å²) in [5.41, 5.74) is 3.00. The van der Waals surface area contributed by atoms with E-state index in [1.165, 1.54) is 0 Å². The first-order valence-corrected chi connectivity index (χ1v) is 10.2. The molecular formula is C20H24BrClN2O3. The molecule has 1 heterocycles. The zero-order valence-electron chi connectivity index (χ0n) is 15.6. The molecular weight excluding hydrogens is 432 g/mol. The van der Waals surface area contributed by atoms with Crippen LogP contribution in [0.25, 0.3) is 0 Å². The fourth-order valence-corrected chi connectivity index (χ4v) is 3.83. The van der Waals surface area contributed by atoms with Crippen LogP contribution < -0.4 is 19.7 Å². The van der Waals surface area contributed by atoms with E-state index in [2.05, 4.69) is 32.2 Å². The van der Waals surface area contributed by atoms with Crippen LogP contribution >= 0.6 is 27.5 Å². The largest absolute Gasteiger partial charge is 0.493 e. The Hall–Kier alpha value is -1.63. The van der Waals surface area contributed by atoms with Gasteiger partial charge in [0.05, 0.1) is 37.6 Å². The lowest BCUT2D eigenvalue weighted by Gasteiger charge is -2.29. The number of nitrogens with zero attached hydrogens (tertiary/aromatic N) is 1. The molecule has 146 valence electrons. The second-order valence-electron chi connectivity index (χ2n) is 6.11. The first-order valence-electron chi connectivity index (χ1n) is 8.98. The summed E-state index contributed by atoms with van der Waals surface area (Å²) in [6.45, 7) is 6.31. The molecule has 0 radical (unpaired) electrons. The highest BCUT2D eigenvalue weighted by atomic mass is 79.9. The minimum atomic E-state index is 0.569. The second kappa shape index (κ2) is 9.53. The van der Waals surface area contributed by atoms with E-state index in [4.69, 9.17) is 25.8 Å². The maximum atomic E-state index is 6.53. The van der Waals surface area contributed by atoms with Crippen molar-refractivity contribution in [1.29, 1.82) is 0 Å². The van der Waals surface area contributed by atoms with Crippen LogP contribution in [0, 0.1) is 0 Å². The van der Waals surface area contributed by atoms with Crippen LogP contribution in [0.1, 0.15) is 12.5 Å². The Labute approximate surface area is 173 Å². The molecule has 0 amide bonds.